The van der Waals surface area contributed by atoms with Gasteiger partial charge in [0.2, 0.25) is 0 Å². The van der Waals surface area contributed by atoms with Gasteiger partial charge in [-0.05, 0) is 51.9 Å². The Morgan fingerprint density at radius 2 is 1.42 bits per heavy atom. The fourth-order valence-electron chi connectivity index (χ4n) is 3.29. The number of ether oxygens (including phenoxy) is 1. The third-order valence-corrected chi connectivity index (χ3v) is 4.24. The summed E-state index contributed by atoms with van der Waals surface area (Å²) in [5.74, 6) is 0. The molecular weight excluding hydrogens is 242 g/mol. The molecule has 0 unspecified atom stereocenters. The van der Waals surface area contributed by atoms with Gasteiger partial charge in [-0.15, -0.1) is 0 Å². The van der Waals surface area contributed by atoms with Crippen molar-refractivity contribution < 1.29 is 9.53 Å². The lowest BCUT2D eigenvalue weighted by atomic mass is 10.1. The van der Waals surface area contributed by atoms with Crippen molar-refractivity contribution in [3.05, 3.63) is 0 Å². The van der Waals surface area contributed by atoms with Crippen molar-refractivity contribution in [3.8, 4) is 0 Å². The van der Waals surface area contributed by atoms with Crippen LogP contribution in [-0.2, 0) is 4.74 Å². The van der Waals surface area contributed by atoms with Crippen molar-refractivity contribution >= 4 is 6.09 Å². The van der Waals surface area contributed by atoms with E-state index in [-0.39, 0.29) is 0 Å². The molecule has 2 aliphatic rings. The zero-order valence-corrected chi connectivity index (χ0v) is 11.9. The van der Waals surface area contributed by atoms with Crippen molar-refractivity contribution in [2.45, 2.75) is 51.1 Å². The third-order valence-electron chi connectivity index (χ3n) is 4.24. The summed E-state index contributed by atoms with van der Waals surface area (Å²) >= 11 is 0. The predicted octanol–water partition coefficient (Wildman–Crippen LogP) is 1.77. The van der Waals surface area contributed by atoms with E-state index in [1.807, 2.05) is 0 Å². The number of hydrogen-bond donors (Lipinski definition) is 1. The van der Waals surface area contributed by atoms with Crippen LogP contribution in [0.2, 0.25) is 0 Å². The summed E-state index contributed by atoms with van der Waals surface area (Å²) in [5.41, 5.74) is 5.05. The summed E-state index contributed by atoms with van der Waals surface area (Å²) in [4.78, 5) is 15.8. The average Bonchev–Trinajstić information content (AvgIpc) is 2.45. The van der Waals surface area contributed by atoms with Gasteiger partial charge in [0.1, 0.15) is 0 Å². The van der Waals surface area contributed by atoms with Gasteiger partial charge in [0.25, 0.3) is 0 Å². The molecule has 2 N–H and O–H groups in total. The van der Waals surface area contributed by atoms with E-state index in [2.05, 4.69) is 9.80 Å². The summed E-state index contributed by atoms with van der Waals surface area (Å²) in [6.07, 6.45) is 8.52. The molecule has 1 amide bonds. The standard InChI is InChI=1S/C14H27N3O2/c15-14(18)19-12-7-13(16-8-3-1-4-9-16)17-10-5-2-6-11-17/h13H,1-12H2,(H2,15,18). The predicted molar refractivity (Wildman–Crippen MR) is 74.8 cm³/mol. The quantitative estimate of drug-likeness (QED) is 0.826. The highest BCUT2D eigenvalue weighted by Crippen LogP contribution is 2.21. The molecule has 0 atom stereocenters. The van der Waals surface area contributed by atoms with Crippen LogP contribution in [0.5, 0.6) is 0 Å². The smallest absolute Gasteiger partial charge is 0.404 e. The number of amides is 1. The summed E-state index contributed by atoms with van der Waals surface area (Å²) in [6, 6.07) is 0. The minimum atomic E-state index is -0.656. The van der Waals surface area contributed by atoms with Gasteiger partial charge in [-0.1, -0.05) is 12.8 Å². The molecule has 5 nitrogen and oxygen atoms in total. The van der Waals surface area contributed by atoms with Gasteiger partial charge >= 0.3 is 6.09 Å². The SMILES string of the molecule is NC(=O)OCCC(N1CCCCC1)N1CCCCC1. The Morgan fingerprint density at radius 1 is 0.947 bits per heavy atom. The Labute approximate surface area is 116 Å². The number of nitrogens with two attached hydrogens (primary N) is 1. The topological polar surface area (TPSA) is 58.8 Å². The number of primary amides is 1. The van der Waals surface area contributed by atoms with Gasteiger partial charge in [-0.25, -0.2) is 4.79 Å². The van der Waals surface area contributed by atoms with Crippen LogP contribution in [0.15, 0.2) is 0 Å². The van der Waals surface area contributed by atoms with Gasteiger partial charge in [-0.3, -0.25) is 9.80 Å². The molecule has 2 saturated heterocycles. The number of piperidine rings is 2. The Hall–Kier alpha value is -0.810. The maximum absolute atomic E-state index is 10.7. The first kappa shape index (κ1) is 14.6. The number of likely N-dealkylation sites (tertiary alicyclic amines) is 2. The Morgan fingerprint density at radius 3 is 1.84 bits per heavy atom. The molecule has 0 radical (unpaired) electrons. The number of carbonyl (C=O) groups is 1. The fraction of sp³-hybridized carbons (Fsp3) is 0.929. The molecule has 2 aliphatic heterocycles. The molecule has 19 heavy (non-hydrogen) atoms. The zero-order chi connectivity index (χ0) is 13.5. The minimum absolute atomic E-state index is 0.431. The normalized spacial score (nSPS) is 22.6. The van der Waals surface area contributed by atoms with Gasteiger partial charge in [0, 0.05) is 6.42 Å². The number of carbonyl (C=O) groups excluding carboxylic acids is 1. The molecule has 0 bridgehead atoms. The maximum atomic E-state index is 10.7. The molecule has 0 aromatic heterocycles. The third kappa shape index (κ3) is 4.66. The molecule has 2 rings (SSSR count). The first-order valence-corrected chi connectivity index (χ1v) is 7.68. The summed E-state index contributed by atoms with van der Waals surface area (Å²) in [6.45, 7) is 5.15. The van der Waals surface area contributed by atoms with Crippen LogP contribution in [0, 0.1) is 0 Å². The van der Waals surface area contributed by atoms with E-state index in [9.17, 15) is 4.79 Å². The first-order valence-electron chi connectivity index (χ1n) is 7.68. The number of hydrogen-bond acceptors (Lipinski definition) is 4. The van der Waals surface area contributed by atoms with Crippen molar-refractivity contribution in [1.82, 2.24) is 9.80 Å². The lowest BCUT2D eigenvalue weighted by molar-refractivity contribution is 0.00105. The Kier molecular flexibility index (Phi) is 5.92. The molecule has 2 heterocycles. The van der Waals surface area contributed by atoms with E-state index >= 15 is 0 Å². The van der Waals surface area contributed by atoms with Gasteiger partial charge in [0.05, 0.1) is 12.8 Å². The van der Waals surface area contributed by atoms with Crippen LogP contribution in [0.25, 0.3) is 0 Å². The van der Waals surface area contributed by atoms with Crippen LogP contribution in [0.1, 0.15) is 44.9 Å². The highest BCUT2D eigenvalue weighted by Gasteiger charge is 2.27. The van der Waals surface area contributed by atoms with Crippen molar-refractivity contribution in [2.75, 3.05) is 32.8 Å². The molecule has 0 aliphatic carbocycles. The van der Waals surface area contributed by atoms with Gasteiger partial charge < -0.3 is 10.5 Å². The van der Waals surface area contributed by atoms with Crippen molar-refractivity contribution in [1.29, 1.82) is 0 Å². The summed E-state index contributed by atoms with van der Waals surface area (Å²) in [7, 11) is 0. The molecule has 0 aromatic carbocycles. The van der Waals surface area contributed by atoms with E-state index < -0.39 is 6.09 Å². The molecular formula is C14H27N3O2. The van der Waals surface area contributed by atoms with Crippen molar-refractivity contribution in [3.63, 3.8) is 0 Å². The highest BCUT2D eigenvalue weighted by atomic mass is 16.5. The second-order valence-corrected chi connectivity index (χ2v) is 5.63. The second-order valence-electron chi connectivity index (χ2n) is 5.63. The van der Waals surface area contributed by atoms with E-state index in [1.54, 1.807) is 0 Å². The monoisotopic (exact) mass is 269 g/mol. The second kappa shape index (κ2) is 7.70. The molecule has 0 spiro atoms. The number of rotatable bonds is 5. The summed E-state index contributed by atoms with van der Waals surface area (Å²) in [5, 5.41) is 0. The molecule has 0 saturated carbocycles. The molecule has 5 heteroatoms. The van der Waals surface area contributed by atoms with Crippen molar-refractivity contribution in [2.24, 2.45) is 5.73 Å². The van der Waals surface area contributed by atoms with Crippen LogP contribution in [-0.4, -0.2) is 54.8 Å². The summed E-state index contributed by atoms with van der Waals surface area (Å²) < 4.78 is 4.94. The van der Waals surface area contributed by atoms with E-state index in [1.165, 1.54) is 64.7 Å². The first-order chi connectivity index (χ1) is 9.27. The highest BCUT2D eigenvalue weighted by molar-refractivity contribution is 5.64. The Bertz CT molecular complexity index is 256. The van der Waals surface area contributed by atoms with E-state index in [4.69, 9.17) is 10.5 Å². The minimum Gasteiger partial charge on any atom is -0.450 e. The fourth-order valence-corrected chi connectivity index (χ4v) is 3.29. The molecule has 2 fully saturated rings. The van der Waals surface area contributed by atoms with Crippen LogP contribution in [0.4, 0.5) is 4.79 Å². The van der Waals surface area contributed by atoms with Gasteiger partial charge in [-0.2, -0.15) is 0 Å². The molecule has 110 valence electrons. The number of nitrogens with zero attached hydrogens (tertiary/aromatic N) is 2. The van der Waals surface area contributed by atoms with E-state index in [0.717, 1.165) is 6.42 Å². The van der Waals surface area contributed by atoms with Crippen LogP contribution < -0.4 is 5.73 Å². The van der Waals surface area contributed by atoms with E-state index in [0.29, 0.717) is 12.8 Å². The maximum Gasteiger partial charge on any atom is 0.404 e. The van der Waals surface area contributed by atoms with Crippen LogP contribution in [0.3, 0.4) is 0 Å². The molecule has 0 aromatic rings. The average molecular weight is 269 g/mol. The largest absolute Gasteiger partial charge is 0.450 e. The lowest BCUT2D eigenvalue weighted by Crippen LogP contribution is -2.52. The lowest BCUT2D eigenvalue weighted by Gasteiger charge is -2.43. The zero-order valence-electron chi connectivity index (χ0n) is 11.9. The van der Waals surface area contributed by atoms with Gasteiger partial charge in [0.15, 0.2) is 0 Å². The van der Waals surface area contributed by atoms with Crippen LogP contribution >= 0.6 is 0 Å². The Balaban J connectivity index is 1.88.